The second kappa shape index (κ2) is 5.84. The van der Waals surface area contributed by atoms with Crippen LogP contribution in [0.15, 0.2) is 22.9 Å². The van der Waals surface area contributed by atoms with Gasteiger partial charge < -0.3 is 4.74 Å². The lowest BCUT2D eigenvalue weighted by molar-refractivity contribution is 0.0519. The second-order valence-electron chi connectivity index (χ2n) is 3.05. The Morgan fingerprint density at radius 1 is 1.59 bits per heavy atom. The molecule has 0 saturated heterocycles. The summed E-state index contributed by atoms with van der Waals surface area (Å²) in [7, 11) is 0. The molecule has 0 bridgehead atoms. The first-order valence-electron chi connectivity index (χ1n) is 4.63. The summed E-state index contributed by atoms with van der Waals surface area (Å²) in [5, 5.41) is 0.570. The molecule has 7 heteroatoms. The fourth-order valence-corrected chi connectivity index (χ4v) is 2.01. The van der Waals surface area contributed by atoms with Gasteiger partial charge in [-0.25, -0.2) is 9.78 Å². The van der Waals surface area contributed by atoms with Gasteiger partial charge in [-0.15, -0.1) is 17.0 Å². The van der Waals surface area contributed by atoms with Crippen molar-refractivity contribution in [3.8, 4) is 0 Å². The monoisotopic (exact) mass is 382 g/mol. The number of hydrogen-bond donors (Lipinski definition) is 0. The van der Waals surface area contributed by atoms with E-state index in [9.17, 15) is 4.79 Å². The van der Waals surface area contributed by atoms with E-state index in [-0.39, 0.29) is 22.7 Å². The number of fused-ring (bicyclic) bond motifs is 1. The number of nitrogens with zero attached hydrogens (tertiary/aromatic N) is 2. The number of ether oxygens (including phenoxy) is 1. The summed E-state index contributed by atoms with van der Waals surface area (Å²) >= 11 is 9.15. The molecule has 0 aromatic carbocycles. The minimum Gasteiger partial charge on any atom is -0.461 e. The lowest BCUT2D eigenvalue weighted by atomic mass is 10.5. The Balaban J connectivity index is 0.00000144. The average Bonchev–Trinajstić information content (AvgIpc) is 2.57. The molecule has 0 radical (unpaired) electrons. The largest absolute Gasteiger partial charge is 0.461 e. The molecular formula is C10H9Br2ClN2O2. The number of aromatic nitrogens is 2. The molecule has 2 aromatic heterocycles. The van der Waals surface area contributed by atoms with Crippen molar-refractivity contribution in [1.82, 2.24) is 9.38 Å². The van der Waals surface area contributed by atoms with Crippen LogP contribution in [0, 0.1) is 0 Å². The number of esters is 1. The maximum absolute atomic E-state index is 11.6. The molecule has 17 heavy (non-hydrogen) atoms. The third-order valence-electron chi connectivity index (χ3n) is 1.99. The van der Waals surface area contributed by atoms with E-state index in [0.29, 0.717) is 21.9 Å². The van der Waals surface area contributed by atoms with Crippen molar-refractivity contribution in [3.63, 3.8) is 0 Å². The zero-order chi connectivity index (χ0) is 11.7. The number of pyridine rings is 1. The first-order valence-corrected chi connectivity index (χ1v) is 5.80. The molecule has 0 atom stereocenters. The van der Waals surface area contributed by atoms with Crippen molar-refractivity contribution in [2.24, 2.45) is 0 Å². The highest BCUT2D eigenvalue weighted by molar-refractivity contribution is 9.10. The van der Waals surface area contributed by atoms with Gasteiger partial charge in [-0.2, -0.15) is 0 Å². The molecule has 4 nitrogen and oxygen atoms in total. The molecule has 0 N–H and O–H groups in total. The molecule has 2 aromatic rings. The standard InChI is InChI=1S/C10H8BrClN2O2.BrH/c1-2-16-10(15)8-9(11)14-5-6(12)3-4-7(14)13-8;/h3-5H,2H2,1H3;1H. The number of imidazole rings is 1. The van der Waals surface area contributed by atoms with Crippen molar-refractivity contribution in [1.29, 1.82) is 0 Å². The zero-order valence-electron chi connectivity index (χ0n) is 8.81. The van der Waals surface area contributed by atoms with Gasteiger partial charge in [-0.05, 0) is 35.0 Å². The third kappa shape index (κ3) is 2.81. The van der Waals surface area contributed by atoms with Crippen molar-refractivity contribution in [3.05, 3.63) is 33.6 Å². The average molecular weight is 384 g/mol. The minimum atomic E-state index is -0.450. The van der Waals surface area contributed by atoms with Crippen LogP contribution in [0.25, 0.3) is 5.65 Å². The molecule has 0 spiro atoms. The van der Waals surface area contributed by atoms with Gasteiger partial charge in [-0.1, -0.05) is 11.6 Å². The molecule has 0 fully saturated rings. The predicted molar refractivity (Wildman–Crippen MR) is 74.2 cm³/mol. The van der Waals surface area contributed by atoms with Crippen LogP contribution < -0.4 is 0 Å². The third-order valence-corrected chi connectivity index (χ3v) is 2.97. The summed E-state index contributed by atoms with van der Waals surface area (Å²) < 4.78 is 7.12. The van der Waals surface area contributed by atoms with Gasteiger partial charge in [-0.3, -0.25) is 4.40 Å². The van der Waals surface area contributed by atoms with Crippen LogP contribution in [0.1, 0.15) is 17.4 Å². The lowest BCUT2D eigenvalue weighted by Gasteiger charge is -1.98. The Hall–Kier alpha value is -0.590. The van der Waals surface area contributed by atoms with E-state index < -0.39 is 5.97 Å². The van der Waals surface area contributed by atoms with Gasteiger partial charge in [0.25, 0.3) is 0 Å². The van der Waals surface area contributed by atoms with Gasteiger partial charge in [0.15, 0.2) is 5.69 Å². The van der Waals surface area contributed by atoms with E-state index >= 15 is 0 Å². The van der Waals surface area contributed by atoms with Crippen LogP contribution in [0.4, 0.5) is 0 Å². The number of hydrogen-bond acceptors (Lipinski definition) is 3. The molecular weight excluding hydrogens is 375 g/mol. The topological polar surface area (TPSA) is 43.6 Å². The number of halogens is 3. The maximum Gasteiger partial charge on any atom is 0.359 e. The fourth-order valence-electron chi connectivity index (χ4n) is 1.32. The number of rotatable bonds is 2. The van der Waals surface area contributed by atoms with E-state index in [1.165, 1.54) is 0 Å². The Bertz CT molecular complexity index is 556. The summed E-state index contributed by atoms with van der Waals surface area (Å²) in [6, 6.07) is 3.45. The summed E-state index contributed by atoms with van der Waals surface area (Å²) in [4.78, 5) is 15.7. The van der Waals surface area contributed by atoms with Gasteiger partial charge >= 0.3 is 5.97 Å². The van der Waals surface area contributed by atoms with Gasteiger partial charge in [0.05, 0.1) is 11.6 Å². The van der Waals surface area contributed by atoms with Crippen molar-refractivity contribution in [2.45, 2.75) is 6.92 Å². The molecule has 0 aliphatic rings. The summed E-state index contributed by atoms with van der Waals surface area (Å²) in [5.74, 6) is -0.450. The maximum atomic E-state index is 11.6. The molecule has 0 saturated carbocycles. The van der Waals surface area contributed by atoms with E-state index in [2.05, 4.69) is 20.9 Å². The Morgan fingerprint density at radius 2 is 2.29 bits per heavy atom. The normalized spacial score (nSPS) is 10.1. The van der Waals surface area contributed by atoms with Gasteiger partial charge in [0.1, 0.15) is 10.3 Å². The molecule has 0 unspecified atom stereocenters. The van der Waals surface area contributed by atoms with Gasteiger partial charge in [0.2, 0.25) is 0 Å². The summed E-state index contributed by atoms with van der Waals surface area (Å²) in [6.07, 6.45) is 1.68. The van der Waals surface area contributed by atoms with Crippen molar-refractivity contribution < 1.29 is 9.53 Å². The Kier molecular flexibility index (Phi) is 4.97. The fraction of sp³-hybridized carbons (Fsp3) is 0.200. The first-order chi connectivity index (χ1) is 7.63. The van der Waals surface area contributed by atoms with E-state index in [1.807, 2.05) is 0 Å². The van der Waals surface area contributed by atoms with Crippen LogP contribution in [-0.4, -0.2) is 22.0 Å². The highest BCUT2D eigenvalue weighted by Crippen LogP contribution is 2.21. The van der Waals surface area contributed by atoms with Crippen LogP contribution in [0.3, 0.4) is 0 Å². The number of carbonyl (C=O) groups excluding carboxylic acids is 1. The zero-order valence-corrected chi connectivity index (χ0v) is 12.9. The van der Waals surface area contributed by atoms with Crippen molar-refractivity contribution in [2.75, 3.05) is 6.61 Å². The van der Waals surface area contributed by atoms with Gasteiger partial charge in [0, 0.05) is 6.20 Å². The smallest absolute Gasteiger partial charge is 0.359 e. The number of carbonyl (C=O) groups is 1. The van der Waals surface area contributed by atoms with Crippen LogP contribution in [0.5, 0.6) is 0 Å². The van der Waals surface area contributed by atoms with Crippen LogP contribution >= 0.6 is 44.5 Å². The first kappa shape index (κ1) is 14.5. The molecule has 2 heterocycles. The molecule has 0 aliphatic heterocycles. The lowest BCUT2D eigenvalue weighted by Crippen LogP contribution is -2.05. The summed E-state index contributed by atoms with van der Waals surface area (Å²) in [6.45, 7) is 2.07. The minimum absolute atomic E-state index is 0. The quantitative estimate of drug-likeness (QED) is 0.745. The van der Waals surface area contributed by atoms with Crippen LogP contribution in [-0.2, 0) is 4.74 Å². The SMILES string of the molecule is Br.CCOC(=O)c1nc2ccc(Cl)cn2c1Br. The van der Waals surface area contributed by atoms with Crippen molar-refractivity contribution >= 4 is 56.1 Å². The highest BCUT2D eigenvalue weighted by atomic mass is 79.9. The van der Waals surface area contributed by atoms with E-state index in [4.69, 9.17) is 16.3 Å². The second-order valence-corrected chi connectivity index (χ2v) is 4.23. The highest BCUT2D eigenvalue weighted by Gasteiger charge is 2.17. The predicted octanol–water partition coefficient (Wildman–Crippen LogP) is 3.50. The summed E-state index contributed by atoms with van der Waals surface area (Å²) in [5.41, 5.74) is 0.892. The molecule has 0 amide bonds. The Morgan fingerprint density at radius 3 is 2.94 bits per heavy atom. The molecule has 0 aliphatic carbocycles. The molecule has 2 rings (SSSR count). The molecule has 92 valence electrons. The van der Waals surface area contributed by atoms with E-state index in [0.717, 1.165) is 0 Å². The van der Waals surface area contributed by atoms with Crippen LogP contribution in [0.2, 0.25) is 5.02 Å². The Labute approximate surface area is 122 Å². The van der Waals surface area contributed by atoms with E-state index in [1.54, 1.807) is 29.7 Å².